The molecule has 5 rings (SSSR count). The molecule has 0 saturated heterocycles. The molecule has 3 aromatic rings. The van der Waals surface area contributed by atoms with Crippen molar-refractivity contribution in [2.24, 2.45) is 0 Å². The number of ether oxygens (including phenoxy) is 3. The van der Waals surface area contributed by atoms with Crippen LogP contribution in [0.5, 0.6) is 11.5 Å². The molecule has 6 nitrogen and oxygen atoms in total. The molecule has 2 aliphatic rings. The van der Waals surface area contributed by atoms with Crippen molar-refractivity contribution in [1.82, 2.24) is 10.3 Å². The van der Waals surface area contributed by atoms with Crippen LogP contribution >= 0.6 is 0 Å². The lowest BCUT2D eigenvalue weighted by atomic mass is 9.76. The fourth-order valence-electron chi connectivity index (χ4n) is 4.02. The van der Waals surface area contributed by atoms with Gasteiger partial charge >= 0.3 is 5.97 Å². The first kappa shape index (κ1) is 17.3. The number of aromatic nitrogens is 1. The van der Waals surface area contributed by atoms with Crippen molar-refractivity contribution >= 4 is 32.6 Å². The van der Waals surface area contributed by atoms with E-state index in [0.29, 0.717) is 17.9 Å². The molecule has 0 bridgehead atoms. The second kappa shape index (κ2) is 6.07. The normalized spacial score (nSPS) is 22.0. The molecular weight excluding hydrogens is 354 g/mol. The van der Waals surface area contributed by atoms with Gasteiger partial charge in [0.2, 0.25) is 0 Å². The molecule has 2 aromatic carbocycles. The second-order valence-electron chi connectivity index (χ2n) is 7.07. The van der Waals surface area contributed by atoms with E-state index in [-0.39, 0.29) is 12.0 Å². The quantitative estimate of drug-likeness (QED) is 0.531. The molecular formula is C20H16B2N2O4. The number of para-hydroxylation sites is 1. The summed E-state index contributed by atoms with van der Waals surface area (Å²) in [6.45, 7) is 0. The van der Waals surface area contributed by atoms with Crippen molar-refractivity contribution in [3.05, 3.63) is 59.3 Å². The zero-order valence-electron chi connectivity index (χ0n) is 15.2. The molecule has 28 heavy (non-hydrogen) atoms. The molecule has 8 heteroatoms. The first-order chi connectivity index (χ1) is 13.4. The molecule has 0 spiro atoms. The van der Waals surface area contributed by atoms with Crippen LogP contribution < -0.4 is 14.8 Å². The number of fused-ring (bicyclic) bond motifs is 4. The number of hydrogen-bond acceptors (Lipinski definition) is 5. The molecule has 4 radical (unpaired) electrons. The summed E-state index contributed by atoms with van der Waals surface area (Å²) in [6.07, 6.45) is 0.543. The summed E-state index contributed by atoms with van der Waals surface area (Å²) in [5, 5.41) is 4.48. The van der Waals surface area contributed by atoms with E-state index in [2.05, 4.69) is 16.4 Å². The summed E-state index contributed by atoms with van der Waals surface area (Å²) in [5.74, 6) is 0.637. The molecule has 2 N–H and O–H groups in total. The minimum Gasteiger partial charge on any atom is -0.468 e. The van der Waals surface area contributed by atoms with Crippen molar-refractivity contribution in [3.8, 4) is 11.5 Å². The van der Waals surface area contributed by atoms with Crippen molar-refractivity contribution in [1.29, 1.82) is 0 Å². The van der Waals surface area contributed by atoms with Gasteiger partial charge in [0.15, 0.2) is 32.8 Å². The van der Waals surface area contributed by atoms with Crippen molar-refractivity contribution < 1.29 is 19.0 Å². The Balaban J connectivity index is 1.62. The number of H-pyrrole nitrogens is 1. The highest BCUT2D eigenvalue weighted by Gasteiger charge is 2.36. The Morgan fingerprint density at radius 1 is 1.18 bits per heavy atom. The van der Waals surface area contributed by atoms with E-state index in [4.69, 9.17) is 29.9 Å². The monoisotopic (exact) mass is 370 g/mol. The van der Waals surface area contributed by atoms with Crippen LogP contribution in [0, 0.1) is 0 Å². The Morgan fingerprint density at radius 2 is 1.96 bits per heavy atom. The topological polar surface area (TPSA) is 72.6 Å². The fraction of sp³-hybridized carbons (Fsp3) is 0.250. The summed E-state index contributed by atoms with van der Waals surface area (Å²) in [4.78, 5) is 15.8. The van der Waals surface area contributed by atoms with E-state index < -0.39 is 11.6 Å². The van der Waals surface area contributed by atoms with Crippen LogP contribution in [0.25, 0.3) is 10.9 Å². The molecule has 0 amide bonds. The maximum atomic E-state index is 12.3. The number of carbonyl (C=O) groups is 1. The molecule has 0 saturated carbocycles. The van der Waals surface area contributed by atoms with Crippen molar-refractivity contribution in [3.63, 3.8) is 0 Å². The van der Waals surface area contributed by atoms with Crippen LogP contribution in [0.15, 0.2) is 42.5 Å². The number of aromatic amines is 1. The van der Waals surface area contributed by atoms with Crippen LogP contribution in [0.4, 0.5) is 0 Å². The van der Waals surface area contributed by atoms with Gasteiger partial charge in [-0.1, -0.05) is 24.3 Å². The van der Waals surface area contributed by atoms with Crippen LogP contribution in [0.2, 0.25) is 0 Å². The standard InChI is InChI=1S/C20H16B2N2O4/c1-26-19(25)14-9-12-11-4-2-3-5-13(11)23-18(12)17(24-14)10-6-7-15-16(8-10)28-20(21,22)27-15/h2-8,14,17,23-24H,9H2,1H3/t14-,17-/m1/s1. The lowest BCUT2D eigenvalue weighted by Gasteiger charge is -2.30. The van der Waals surface area contributed by atoms with Gasteiger partial charge in [0.1, 0.15) is 6.04 Å². The van der Waals surface area contributed by atoms with E-state index in [9.17, 15) is 4.79 Å². The number of esters is 1. The molecule has 0 aliphatic carbocycles. The number of hydrogen-bond donors (Lipinski definition) is 2. The van der Waals surface area contributed by atoms with Crippen LogP contribution in [0.1, 0.15) is 22.9 Å². The van der Waals surface area contributed by atoms with Crippen LogP contribution in [0.3, 0.4) is 0 Å². The number of methoxy groups -OCH3 is 1. The maximum Gasteiger partial charge on any atom is 0.323 e. The Labute approximate surface area is 164 Å². The molecule has 2 atom stereocenters. The van der Waals surface area contributed by atoms with Gasteiger partial charge in [-0.25, -0.2) is 0 Å². The number of carbonyl (C=O) groups excluding carboxylic acids is 1. The van der Waals surface area contributed by atoms with Crippen LogP contribution in [-0.4, -0.2) is 45.4 Å². The molecule has 0 fully saturated rings. The minimum absolute atomic E-state index is 0.264. The lowest BCUT2D eigenvalue weighted by Crippen LogP contribution is -2.45. The fourth-order valence-corrected chi connectivity index (χ4v) is 4.02. The predicted octanol–water partition coefficient (Wildman–Crippen LogP) is 1.66. The third-order valence-electron chi connectivity index (χ3n) is 5.24. The zero-order valence-corrected chi connectivity index (χ0v) is 15.2. The Bertz CT molecular complexity index is 1090. The molecule has 0 unspecified atom stereocenters. The highest BCUT2D eigenvalue weighted by atomic mass is 16.7. The van der Waals surface area contributed by atoms with Gasteiger partial charge in [0.05, 0.1) is 13.2 Å². The number of benzene rings is 2. The third-order valence-corrected chi connectivity index (χ3v) is 5.24. The van der Waals surface area contributed by atoms with Gasteiger partial charge in [-0.15, -0.1) is 0 Å². The van der Waals surface area contributed by atoms with Crippen molar-refractivity contribution in [2.75, 3.05) is 7.11 Å². The Hall–Kier alpha value is -2.86. The van der Waals surface area contributed by atoms with Crippen molar-refractivity contribution in [2.45, 2.75) is 24.1 Å². The lowest BCUT2D eigenvalue weighted by molar-refractivity contribution is -0.143. The molecule has 3 heterocycles. The highest BCUT2D eigenvalue weighted by molar-refractivity contribution is 6.38. The number of nitrogens with one attached hydrogen (secondary N) is 2. The van der Waals surface area contributed by atoms with E-state index in [1.54, 1.807) is 6.07 Å². The highest BCUT2D eigenvalue weighted by Crippen LogP contribution is 2.41. The Kier molecular flexibility index (Phi) is 3.74. The Morgan fingerprint density at radius 3 is 2.79 bits per heavy atom. The third kappa shape index (κ3) is 2.67. The zero-order chi connectivity index (χ0) is 19.5. The summed E-state index contributed by atoms with van der Waals surface area (Å²) >= 11 is 0. The van der Waals surface area contributed by atoms with Gasteiger partial charge in [-0.05, 0) is 29.3 Å². The smallest absolute Gasteiger partial charge is 0.323 e. The maximum absolute atomic E-state index is 12.3. The van der Waals surface area contributed by atoms with Gasteiger partial charge in [0.25, 0.3) is 0 Å². The number of rotatable bonds is 2. The summed E-state index contributed by atoms with van der Waals surface area (Å²) in [6, 6.07) is 12.8. The first-order valence-electron chi connectivity index (χ1n) is 8.98. The van der Waals surface area contributed by atoms with E-state index in [0.717, 1.165) is 27.7 Å². The van der Waals surface area contributed by atoms with E-state index >= 15 is 0 Å². The van der Waals surface area contributed by atoms with Gasteiger partial charge in [-0.3, -0.25) is 10.1 Å². The average molecular weight is 370 g/mol. The predicted molar refractivity (Wildman–Crippen MR) is 105 cm³/mol. The second-order valence-corrected chi connectivity index (χ2v) is 7.07. The van der Waals surface area contributed by atoms with Gasteiger partial charge in [0, 0.05) is 23.0 Å². The summed E-state index contributed by atoms with van der Waals surface area (Å²) in [7, 11) is 12.8. The van der Waals surface area contributed by atoms with E-state index in [1.165, 1.54) is 7.11 Å². The van der Waals surface area contributed by atoms with Crippen LogP contribution in [-0.2, 0) is 16.0 Å². The first-order valence-corrected chi connectivity index (χ1v) is 8.98. The SMILES string of the molecule is [B]C1([B])Oc2ccc([C@H]3N[C@@H](C(=O)OC)Cc4c3[nH]c3ccccc43)cc2O1. The molecule has 1 aromatic heterocycles. The van der Waals surface area contributed by atoms with Gasteiger partial charge < -0.3 is 19.2 Å². The largest absolute Gasteiger partial charge is 0.468 e. The average Bonchev–Trinajstić information content (AvgIpc) is 3.21. The summed E-state index contributed by atoms with van der Waals surface area (Å²) in [5.41, 5.74) is 2.34. The summed E-state index contributed by atoms with van der Waals surface area (Å²) < 4.78 is 15.8. The molecule has 2 aliphatic heterocycles. The molecule has 136 valence electrons. The minimum atomic E-state index is -1.68. The van der Waals surface area contributed by atoms with Gasteiger partial charge in [-0.2, -0.15) is 0 Å². The van der Waals surface area contributed by atoms with E-state index in [1.807, 2.05) is 30.3 Å².